The quantitative estimate of drug-likeness (QED) is 0.686. The Morgan fingerprint density at radius 3 is 2.74 bits per heavy atom. The molecule has 5 nitrogen and oxygen atoms in total. The molecule has 0 radical (unpaired) electrons. The first-order valence-electron chi connectivity index (χ1n) is 7.03. The molecule has 23 heavy (non-hydrogen) atoms. The first-order chi connectivity index (χ1) is 11.2. The van der Waals surface area contributed by atoms with Gasteiger partial charge in [0.05, 0.1) is 18.4 Å². The predicted octanol–water partition coefficient (Wildman–Crippen LogP) is 3.67. The van der Waals surface area contributed by atoms with Crippen LogP contribution in [0.2, 0.25) is 0 Å². The second kappa shape index (κ2) is 7.19. The largest absolute Gasteiger partial charge is 0.467 e. The van der Waals surface area contributed by atoms with Gasteiger partial charge in [-0.2, -0.15) is 0 Å². The van der Waals surface area contributed by atoms with E-state index in [1.807, 2.05) is 24.3 Å². The van der Waals surface area contributed by atoms with E-state index < -0.39 is 0 Å². The molecule has 116 valence electrons. The van der Waals surface area contributed by atoms with Crippen molar-refractivity contribution in [2.45, 2.75) is 13.1 Å². The Labute approximate surface area is 142 Å². The molecule has 3 heterocycles. The van der Waals surface area contributed by atoms with Gasteiger partial charge in [-0.1, -0.05) is 6.07 Å². The van der Waals surface area contributed by atoms with Crippen LogP contribution in [0.15, 0.2) is 70.3 Å². The summed E-state index contributed by atoms with van der Waals surface area (Å²) < 4.78 is 6.14. The van der Waals surface area contributed by atoms with Crippen LogP contribution in [0.1, 0.15) is 21.7 Å². The van der Waals surface area contributed by atoms with Gasteiger partial charge in [-0.3, -0.25) is 14.8 Å². The van der Waals surface area contributed by atoms with Crippen molar-refractivity contribution >= 4 is 21.8 Å². The van der Waals surface area contributed by atoms with Crippen molar-refractivity contribution in [2.24, 2.45) is 0 Å². The second-order valence-electron chi connectivity index (χ2n) is 4.99. The third-order valence-corrected chi connectivity index (χ3v) is 3.70. The summed E-state index contributed by atoms with van der Waals surface area (Å²) in [5.74, 6) is 0.615. The van der Waals surface area contributed by atoms with E-state index in [0.717, 1.165) is 15.8 Å². The number of hydrogen-bond acceptors (Lipinski definition) is 4. The lowest BCUT2D eigenvalue weighted by molar-refractivity contribution is 0.0717. The van der Waals surface area contributed by atoms with E-state index in [4.69, 9.17) is 4.42 Å². The maximum absolute atomic E-state index is 12.8. The lowest BCUT2D eigenvalue weighted by Gasteiger charge is -2.21. The summed E-state index contributed by atoms with van der Waals surface area (Å²) in [6.07, 6.45) is 8.27. The third-order valence-electron chi connectivity index (χ3n) is 3.26. The Balaban J connectivity index is 1.86. The zero-order valence-corrected chi connectivity index (χ0v) is 13.8. The van der Waals surface area contributed by atoms with Crippen molar-refractivity contribution in [2.75, 3.05) is 0 Å². The second-order valence-corrected chi connectivity index (χ2v) is 5.91. The van der Waals surface area contributed by atoms with E-state index in [1.54, 1.807) is 42.0 Å². The number of rotatable bonds is 5. The summed E-state index contributed by atoms with van der Waals surface area (Å²) in [6.45, 7) is 0.827. The van der Waals surface area contributed by atoms with Gasteiger partial charge in [-0.25, -0.2) is 0 Å². The maximum Gasteiger partial charge on any atom is 0.256 e. The Bertz CT molecular complexity index is 776. The minimum absolute atomic E-state index is 0.112. The predicted molar refractivity (Wildman–Crippen MR) is 88.5 cm³/mol. The molecular formula is C17H14BrN3O2. The van der Waals surface area contributed by atoms with E-state index in [-0.39, 0.29) is 5.91 Å². The van der Waals surface area contributed by atoms with Crippen molar-refractivity contribution < 1.29 is 9.21 Å². The molecule has 0 unspecified atom stereocenters. The van der Waals surface area contributed by atoms with Gasteiger partial charge in [0, 0.05) is 35.8 Å². The lowest BCUT2D eigenvalue weighted by atomic mass is 10.2. The summed E-state index contributed by atoms with van der Waals surface area (Å²) >= 11 is 3.35. The molecule has 0 saturated carbocycles. The summed E-state index contributed by atoms with van der Waals surface area (Å²) in [6, 6.07) is 9.21. The highest BCUT2D eigenvalue weighted by atomic mass is 79.9. The van der Waals surface area contributed by atoms with E-state index in [0.29, 0.717) is 18.7 Å². The molecule has 0 aliphatic rings. The molecular weight excluding hydrogens is 358 g/mol. The smallest absolute Gasteiger partial charge is 0.256 e. The molecule has 0 fully saturated rings. The van der Waals surface area contributed by atoms with Crippen molar-refractivity contribution in [1.29, 1.82) is 0 Å². The summed E-state index contributed by atoms with van der Waals surface area (Å²) in [5, 5.41) is 0. The van der Waals surface area contributed by atoms with Crippen LogP contribution >= 0.6 is 15.9 Å². The van der Waals surface area contributed by atoms with E-state index in [1.165, 1.54) is 0 Å². The Morgan fingerprint density at radius 2 is 2.04 bits per heavy atom. The fourth-order valence-corrected chi connectivity index (χ4v) is 2.58. The molecule has 0 aliphatic carbocycles. The van der Waals surface area contributed by atoms with Crippen LogP contribution in [0.25, 0.3) is 0 Å². The first-order valence-corrected chi connectivity index (χ1v) is 7.83. The van der Waals surface area contributed by atoms with Crippen LogP contribution < -0.4 is 0 Å². The minimum Gasteiger partial charge on any atom is -0.467 e. The topological polar surface area (TPSA) is 59.2 Å². The third kappa shape index (κ3) is 4.04. The molecule has 0 aliphatic heterocycles. The SMILES string of the molecule is O=C(c1cncc(Br)c1)N(Cc1cccnc1)Cc1ccco1. The Morgan fingerprint density at radius 1 is 1.13 bits per heavy atom. The Kier molecular flexibility index (Phi) is 4.83. The monoisotopic (exact) mass is 371 g/mol. The van der Waals surface area contributed by atoms with Crippen molar-refractivity contribution in [3.05, 3.63) is 82.7 Å². The average Bonchev–Trinajstić information content (AvgIpc) is 3.08. The standard InChI is InChI=1S/C17H14BrN3O2/c18-15-7-14(9-20-10-15)17(22)21(12-16-4-2-6-23-16)11-13-3-1-5-19-8-13/h1-10H,11-12H2. The molecule has 6 heteroatoms. The van der Waals surface area contributed by atoms with Gasteiger partial charge in [0.1, 0.15) is 5.76 Å². The molecule has 3 rings (SSSR count). The number of amides is 1. The van der Waals surface area contributed by atoms with E-state index in [2.05, 4.69) is 25.9 Å². The fraction of sp³-hybridized carbons (Fsp3) is 0.118. The van der Waals surface area contributed by atoms with Crippen molar-refractivity contribution in [3.63, 3.8) is 0 Å². The highest BCUT2D eigenvalue weighted by Gasteiger charge is 2.18. The molecule has 0 N–H and O–H groups in total. The number of pyridine rings is 2. The molecule has 0 bridgehead atoms. The van der Waals surface area contributed by atoms with Gasteiger partial charge in [0.15, 0.2) is 0 Å². The van der Waals surface area contributed by atoms with E-state index >= 15 is 0 Å². The number of carbonyl (C=O) groups is 1. The average molecular weight is 372 g/mol. The Hall–Kier alpha value is -2.47. The molecule has 0 atom stereocenters. The lowest BCUT2D eigenvalue weighted by Crippen LogP contribution is -2.30. The number of aromatic nitrogens is 2. The van der Waals surface area contributed by atoms with Crippen LogP contribution in [0.3, 0.4) is 0 Å². The zero-order valence-electron chi connectivity index (χ0n) is 12.2. The normalized spacial score (nSPS) is 10.5. The summed E-state index contributed by atoms with van der Waals surface area (Å²) in [7, 11) is 0. The number of halogens is 1. The van der Waals surface area contributed by atoms with Gasteiger partial charge in [-0.05, 0) is 45.8 Å². The zero-order chi connectivity index (χ0) is 16.1. The number of nitrogens with zero attached hydrogens (tertiary/aromatic N) is 3. The molecule has 3 aromatic heterocycles. The molecule has 0 spiro atoms. The maximum atomic E-state index is 12.8. The van der Waals surface area contributed by atoms with Gasteiger partial charge < -0.3 is 9.32 Å². The van der Waals surface area contributed by atoms with Crippen LogP contribution in [-0.2, 0) is 13.1 Å². The van der Waals surface area contributed by atoms with Crippen LogP contribution in [0, 0.1) is 0 Å². The van der Waals surface area contributed by atoms with Gasteiger partial charge >= 0.3 is 0 Å². The highest BCUT2D eigenvalue weighted by molar-refractivity contribution is 9.10. The molecule has 1 amide bonds. The van der Waals surface area contributed by atoms with Gasteiger partial charge in [-0.15, -0.1) is 0 Å². The fourth-order valence-electron chi connectivity index (χ4n) is 2.21. The van der Waals surface area contributed by atoms with Gasteiger partial charge in [0.25, 0.3) is 5.91 Å². The molecule has 3 aromatic rings. The minimum atomic E-state index is -0.112. The summed E-state index contributed by atoms with van der Waals surface area (Å²) in [5.41, 5.74) is 1.48. The van der Waals surface area contributed by atoms with Crippen molar-refractivity contribution in [3.8, 4) is 0 Å². The van der Waals surface area contributed by atoms with Gasteiger partial charge in [0.2, 0.25) is 0 Å². The van der Waals surface area contributed by atoms with Crippen LogP contribution in [-0.4, -0.2) is 20.8 Å². The highest BCUT2D eigenvalue weighted by Crippen LogP contribution is 2.16. The molecule has 0 aromatic carbocycles. The number of carbonyl (C=O) groups excluding carboxylic acids is 1. The van der Waals surface area contributed by atoms with E-state index in [9.17, 15) is 4.79 Å². The number of furan rings is 1. The molecule has 0 saturated heterocycles. The van der Waals surface area contributed by atoms with Crippen LogP contribution in [0.5, 0.6) is 0 Å². The van der Waals surface area contributed by atoms with Crippen molar-refractivity contribution in [1.82, 2.24) is 14.9 Å². The van der Waals surface area contributed by atoms with Crippen LogP contribution in [0.4, 0.5) is 0 Å². The number of hydrogen-bond donors (Lipinski definition) is 0. The summed E-state index contributed by atoms with van der Waals surface area (Å²) in [4.78, 5) is 22.7. The first kappa shape index (κ1) is 15.4.